The van der Waals surface area contributed by atoms with E-state index in [1.165, 1.54) is 6.08 Å². The number of halogens is 1. The molecule has 8 atom stereocenters. The van der Waals surface area contributed by atoms with Crippen molar-refractivity contribution in [2.75, 3.05) is 0 Å². The van der Waals surface area contributed by atoms with Crippen LogP contribution in [0.1, 0.15) is 53.4 Å². The van der Waals surface area contributed by atoms with Crippen LogP contribution in [0.25, 0.3) is 0 Å². The van der Waals surface area contributed by atoms with Crippen LogP contribution in [0.5, 0.6) is 0 Å². The van der Waals surface area contributed by atoms with Gasteiger partial charge in [-0.05, 0) is 76.7 Å². The molecule has 5 nitrogen and oxygen atoms in total. The quantitative estimate of drug-likeness (QED) is 0.636. The van der Waals surface area contributed by atoms with Gasteiger partial charge >= 0.3 is 0 Å². The van der Waals surface area contributed by atoms with Crippen molar-refractivity contribution in [3.05, 3.63) is 48.2 Å². The van der Waals surface area contributed by atoms with E-state index in [1.807, 2.05) is 39.0 Å². The van der Waals surface area contributed by atoms with E-state index in [1.54, 1.807) is 30.1 Å². The molecule has 0 radical (unpaired) electrons. The number of nitrogens with zero attached hydrogens (tertiary/aromatic N) is 1. The average molecular weight is 486 g/mol. The van der Waals surface area contributed by atoms with Crippen LogP contribution in [0.2, 0.25) is 0 Å². The molecule has 34 heavy (non-hydrogen) atoms. The van der Waals surface area contributed by atoms with Crippen LogP contribution in [0.3, 0.4) is 0 Å². The molecule has 1 aromatic heterocycles. The van der Waals surface area contributed by atoms with Gasteiger partial charge in [0.15, 0.2) is 22.2 Å². The summed E-state index contributed by atoms with van der Waals surface area (Å²) in [6, 6.07) is 5.79. The molecule has 182 valence electrons. The van der Waals surface area contributed by atoms with E-state index in [4.69, 9.17) is 9.47 Å². The molecule has 0 spiro atoms. The zero-order valence-electron chi connectivity index (χ0n) is 20.1. The summed E-state index contributed by atoms with van der Waals surface area (Å²) >= 11 is 1.56. The summed E-state index contributed by atoms with van der Waals surface area (Å²) in [5.74, 6) is -1.29. The average Bonchev–Trinajstić information content (AvgIpc) is 3.15. The summed E-state index contributed by atoms with van der Waals surface area (Å²) in [5.41, 5.74) is -2.58. The predicted octanol–water partition coefficient (Wildman–Crippen LogP) is 5.00. The van der Waals surface area contributed by atoms with Crippen molar-refractivity contribution in [1.82, 2.24) is 4.98 Å². The molecule has 0 aromatic carbocycles. The smallest absolute Gasteiger partial charge is 0.178 e. The number of pyridine rings is 1. The first-order chi connectivity index (χ1) is 16.0. The fourth-order valence-corrected chi connectivity index (χ4v) is 9.51. The van der Waals surface area contributed by atoms with Crippen LogP contribution < -0.4 is 0 Å². The Morgan fingerprint density at radius 3 is 2.74 bits per heavy atom. The first-order valence-electron chi connectivity index (χ1n) is 12.2. The van der Waals surface area contributed by atoms with Gasteiger partial charge in [-0.1, -0.05) is 36.4 Å². The maximum Gasteiger partial charge on any atom is 0.178 e. The van der Waals surface area contributed by atoms with Crippen LogP contribution >= 0.6 is 11.8 Å². The van der Waals surface area contributed by atoms with Gasteiger partial charge in [0.2, 0.25) is 0 Å². The van der Waals surface area contributed by atoms with Gasteiger partial charge in [-0.2, -0.15) is 0 Å². The number of rotatable bonds is 2. The molecule has 5 aliphatic rings. The van der Waals surface area contributed by atoms with Crippen LogP contribution in [0.4, 0.5) is 4.39 Å². The fourth-order valence-electron chi connectivity index (χ4n) is 7.95. The zero-order valence-corrected chi connectivity index (χ0v) is 20.9. The Hall–Kier alpha value is -1.54. The molecular weight excluding hydrogens is 453 g/mol. The normalized spacial score (nSPS) is 48.5. The largest absolute Gasteiger partial charge is 0.390 e. The molecule has 6 rings (SSSR count). The number of aromatic nitrogens is 1. The monoisotopic (exact) mass is 485 g/mol. The first kappa shape index (κ1) is 22.9. The second kappa shape index (κ2) is 7.02. The highest BCUT2D eigenvalue weighted by atomic mass is 32.2. The summed E-state index contributed by atoms with van der Waals surface area (Å²) in [5, 5.41) is 12.5. The lowest BCUT2D eigenvalue weighted by atomic mass is 9.45. The Labute approximate surface area is 204 Å². The minimum atomic E-state index is -1.86. The number of carbonyl (C=O) groups is 1. The first-order valence-corrected chi connectivity index (χ1v) is 13.1. The van der Waals surface area contributed by atoms with Gasteiger partial charge in [0, 0.05) is 22.9 Å². The lowest BCUT2D eigenvalue weighted by Gasteiger charge is -2.62. The SMILES string of the molecule is CC1(C)O[C@@H]2CC3C4CCC5=CC(=O)C=C[C@]5(C)[C@@]4(F)[C@@H](O)C[C@]3(C)[C@]2(Sc2ccccn2)O1. The van der Waals surface area contributed by atoms with E-state index in [0.717, 1.165) is 10.6 Å². The number of fused-ring (bicyclic) bond motifs is 7. The minimum absolute atomic E-state index is 0.0392. The Kier molecular flexibility index (Phi) is 4.73. The molecule has 2 unspecified atom stereocenters. The van der Waals surface area contributed by atoms with Crippen LogP contribution in [-0.4, -0.2) is 44.5 Å². The lowest BCUT2D eigenvalue weighted by molar-refractivity contribution is -0.231. The number of thioether (sulfide) groups is 1. The number of aliphatic hydroxyl groups excluding tert-OH is 1. The highest BCUT2D eigenvalue weighted by Gasteiger charge is 2.78. The highest BCUT2D eigenvalue weighted by molar-refractivity contribution is 8.00. The lowest BCUT2D eigenvalue weighted by Crippen LogP contribution is -2.68. The van der Waals surface area contributed by atoms with Gasteiger partial charge in [0.05, 0.1) is 11.1 Å². The third-order valence-electron chi connectivity index (χ3n) is 9.44. The van der Waals surface area contributed by atoms with E-state index in [2.05, 4.69) is 11.9 Å². The molecule has 1 N–H and O–H groups in total. The van der Waals surface area contributed by atoms with Gasteiger partial charge in [-0.3, -0.25) is 4.79 Å². The summed E-state index contributed by atoms with van der Waals surface area (Å²) in [4.78, 5) is 15.8. The number of hydrogen-bond donors (Lipinski definition) is 1. The molecule has 2 heterocycles. The molecular formula is C27H32FNO4S. The fraction of sp³-hybridized carbons (Fsp3) is 0.630. The topological polar surface area (TPSA) is 68.7 Å². The van der Waals surface area contributed by atoms with Gasteiger partial charge in [0.1, 0.15) is 6.10 Å². The van der Waals surface area contributed by atoms with E-state index in [-0.39, 0.29) is 30.1 Å². The molecule has 0 bridgehead atoms. The van der Waals surface area contributed by atoms with Crippen LogP contribution in [0.15, 0.2) is 53.2 Å². The molecule has 4 fully saturated rings. The summed E-state index contributed by atoms with van der Waals surface area (Å²) < 4.78 is 30.6. The summed E-state index contributed by atoms with van der Waals surface area (Å²) in [6.45, 7) is 7.84. The van der Waals surface area contributed by atoms with Crippen molar-refractivity contribution < 1.29 is 23.8 Å². The number of ketones is 1. The van der Waals surface area contributed by atoms with E-state index >= 15 is 4.39 Å². The van der Waals surface area contributed by atoms with Crippen molar-refractivity contribution >= 4 is 17.5 Å². The van der Waals surface area contributed by atoms with E-state index < -0.39 is 33.3 Å². The Balaban J connectivity index is 1.46. The Morgan fingerprint density at radius 2 is 2.00 bits per heavy atom. The molecule has 1 saturated heterocycles. The third kappa shape index (κ3) is 2.73. The van der Waals surface area contributed by atoms with Crippen molar-refractivity contribution in [2.45, 2.75) is 87.0 Å². The number of hydrogen-bond acceptors (Lipinski definition) is 6. The maximum atomic E-state index is 17.4. The third-order valence-corrected chi connectivity index (χ3v) is 11.0. The second-order valence-electron chi connectivity index (χ2n) is 11.5. The maximum absolute atomic E-state index is 17.4. The van der Waals surface area contributed by atoms with E-state index in [9.17, 15) is 9.90 Å². The van der Waals surface area contributed by atoms with Gasteiger partial charge in [0.25, 0.3) is 0 Å². The Morgan fingerprint density at radius 1 is 1.21 bits per heavy atom. The van der Waals surface area contributed by atoms with Crippen molar-refractivity contribution in [2.24, 2.45) is 22.7 Å². The predicted molar refractivity (Wildman–Crippen MR) is 127 cm³/mol. The van der Waals surface area contributed by atoms with Crippen LogP contribution in [-0.2, 0) is 14.3 Å². The molecule has 7 heteroatoms. The van der Waals surface area contributed by atoms with Crippen molar-refractivity contribution in [3.63, 3.8) is 0 Å². The minimum Gasteiger partial charge on any atom is -0.390 e. The van der Waals surface area contributed by atoms with Gasteiger partial charge in [-0.25, -0.2) is 9.37 Å². The van der Waals surface area contributed by atoms with Gasteiger partial charge < -0.3 is 14.6 Å². The second-order valence-corrected chi connectivity index (χ2v) is 12.8. The Bertz CT molecular complexity index is 1110. The van der Waals surface area contributed by atoms with E-state index in [0.29, 0.717) is 19.3 Å². The van der Waals surface area contributed by atoms with Gasteiger partial charge in [-0.15, -0.1) is 0 Å². The summed E-state index contributed by atoms with van der Waals surface area (Å²) in [7, 11) is 0. The summed E-state index contributed by atoms with van der Waals surface area (Å²) in [6.07, 6.45) is 7.23. The number of allylic oxidation sites excluding steroid dienone is 4. The van der Waals surface area contributed by atoms with Crippen molar-refractivity contribution in [3.8, 4) is 0 Å². The molecule has 3 saturated carbocycles. The highest BCUT2D eigenvalue weighted by Crippen LogP contribution is 2.74. The standard InChI is InChI=1S/C27H32FNO4S/c1-23(2)32-21-14-19-18-9-8-16-13-17(30)10-11-24(16,3)26(18,28)20(31)15-25(19,4)27(21,33-23)34-22-7-5-6-12-29-22/h5-7,10-13,18-21,31H,8-9,14-15H2,1-4H3/t18?,19?,20-,21+,24-,25-,26-,27-/m0/s1. The number of ether oxygens (including phenoxy) is 2. The zero-order chi connectivity index (χ0) is 24.1. The number of aliphatic hydroxyl groups is 1. The van der Waals surface area contributed by atoms with Crippen LogP contribution in [0, 0.1) is 22.7 Å². The molecule has 1 aliphatic heterocycles. The molecule has 0 amide bonds. The van der Waals surface area contributed by atoms with Crippen molar-refractivity contribution in [1.29, 1.82) is 0 Å². The number of carbonyl (C=O) groups excluding carboxylic acids is 1. The number of alkyl halides is 1. The molecule has 4 aliphatic carbocycles. The molecule has 1 aromatic rings.